The third kappa shape index (κ3) is 3.39. The van der Waals surface area contributed by atoms with Crippen LogP contribution < -0.4 is 10.1 Å². The fourth-order valence-electron chi connectivity index (χ4n) is 3.55. The Balaban J connectivity index is 1.71. The minimum Gasteiger partial charge on any atom is -0.454 e. The Kier molecular flexibility index (Phi) is 4.65. The third-order valence-electron chi connectivity index (χ3n) is 4.82. The molecule has 28 heavy (non-hydrogen) atoms. The second-order valence-electron chi connectivity index (χ2n) is 7.29. The molecular weight excluding hydrogens is 380 g/mol. The van der Waals surface area contributed by atoms with Crippen LogP contribution in [0.4, 0.5) is 5.69 Å². The van der Waals surface area contributed by atoms with Crippen LogP contribution in [0.1, 0.15) is 29.8 Å². The van der Waals surface area contributed by atoms with Gasteiger partial charge in [0.15, 0.2) is 5.75 Å². The first-order valence-electron chi connectivity index (χ1n) is 9.13. The molecule has 2 aliphatic rings. The van der Waals surface area contributed by atoms with E-state index in [-0.39, 0.29) is 35.8 Å². The number of nitrogens with one attached hydrogen (secondary N) is 1. The van der Waals surface area contributed by atoms with Gasteiger partial charge in [0, 0.05) is 13.1 Å². The lowest BCUT2D eigenvalue weighted by Crippen LogP contribution is -2.48. The van der Waals surface area contributed by atoms with E-state index in [1.807, 2.05) is 32.9 Å². The molecule has 2 atom stereocenters. The van der Waals surface area contributed by atoms with E-state index in [1.165, 1.54) is 22.5 Å². The average molecular weight is 402 g/mol. The molecule has 0 aliphatic carbocycles. The molecule has 2 heterocycles. The predicted molar refractivity (Wildman–Crippen MR) is 104 cm³/mol. The van der Waals surface area contributed by atoms with Gasteiger partial charge in [-0.3, -0.25) is 4.79 Å². The number of fused-ring (bicyclic) bond motifs is 2. The zero-order valence-electron chi connectivity index (χ0n) is 15.9. The van der Waals surface area contributed by atoms with Gasteiger partial charge in [0.1, 0.15) is 5.75 Å². The Hall–Kier alpha value is -2.42. The summed E-state index contributed by atoms with van der Waals surface area (Å²) in [5.41, 5.74) is 1.72. The number of rotatable bonds is 2. The number of carbonyl (C=O) groups is 1. The van der Waals surface area contributed by atoms with Crippen molar-refractivity contribution in [1.82, 2.24) is 4.31 Å². The van der Waals surface area contributed by atoms with Crippen LogP contribution in [0, 0.1) is 6.92 Å². The molecule has 2 aromatic carbocycles. The highest BCUT2D eigenvalue weighted by molar-refractivity contribution is 7.89. The van der Waals surface area contributed by atoms with Crippen LogP contribution in [-0.4, -0.2) is 43.9 Å². The van der Waals surface area contributed by atoms with E-state index in [0.717, 1.165) is 5.56 Å². The summed E-state index contributed by atoms with van der Waals surface area (Å²) < 4.78 is 39.1. The number of hydrogen-bond donors (Lipinski definition) is 1. The van der Waals surface area contributed by atoms with Gasteiger partial charge in [0.05, 0.1) is 28.4 Å². The summed E-state index contributed by atoms with van der Waals surface area (Å²) in [5.74, 6) is 0.437. The van der Waals surface area contributed by atoms with E-state index >= 15 is 0 Å². The average Bonchev–Trinajstić information content (AvgIpc) is 2.76. The summed E-state index contributed by atoms with van der Waals surface area (Å²) in [5, 5.41) is 2.80. The molecule has 1 amide bonds. The highest BCUT2D eigenvalue weighted by atomic mass is 32.2. The van der Waals surface area contributed by atoms with Gasteiger partial charge in [-0.2, -0.15) is 4.31 Å². The molecule has 0 saturated carbocycles. The van der Waals surface area contributed by atoms with Crippen molar-refractivity contribution in [2.24, 2.45) is 0 Å². The van der Waals surface area contributed by atoms with Gasteiger partial charge in [-0.1, -0.05) is 6.07 Å². The number of hydrogen-bond acceptors (Lipinski definition) is 5. The SMILES string of the molecule is Cc1ccc2c(c1)NC(=O)c1cc(S(=O)(=O)N3C[C@@H](C)O[C@@H](C)C3)ccc1O2. The Morgan fingerprint density at radius 3 is 2.43 bits per heavy atom. The lowest BCUT2D eigenvalue weighted by atomic mass is 10.2. The standard InChI is InChI=1S/C20H22N2O5S/c1-12-4-6-19-17(8-12)21-20(23)16-9-15(5-7-18(16)27-19)28(24,25)22-10-13(2)26-14(3)11-22/h4-9,13-14H,10-11H2,1-3H3,(H,21,23)/t13-,14+. The van der Waals surface area contributed by atoms with Crippen molar-refractivity contribution >= 4 is 21.6 Å². The molecule has 0 bridgehead atoms. The van der Waals surface area contributed by atoms with Gasteiger partial charge in [-0.15, -0.1) is 0 Å². The van der Waals surface area contributed by atoms with E-state index in [2.05, 4.69) is 5.32 Å². The number of benzene rings is 2. The first-order chi connectivity index (χ1) is 13.2. The molecule has 7 nitrogen and oxygen atoms in total. The van der Waals surface area contributed by atoms with Gasteiger partial charge in [-0.25, -0.2) is 8.42 Å². The highest BCUT2D eigenvalue weighted by Gasteiger charge is 2.33. The van der Waals surface area contributed by atoms with Crippen molar-refractivity contribution in [1.29, 1.82) is 0 Å². The molecule has 148 valence electrons. The first-order valence-corrected chi connectivity index (χ1v) is 10.6. The van der Waals surface area contributed by atoms with Crippen LogP contribution in [0.25, 0.3) is 0 Å². The molecule has 0 radical (unpaired) electrons. The van der Waals surface area contributed by atoms with Crippen molar-refractivity contribution in [3.8, 4) is 11.5 Å². The minimum atomic E-state index is -3.75. The number of sulfonamides is 1. The number of carbonyl (C=O) groups excluding carboxylic acids is 1. The molecule has 1 saturated heterocycles. The first kappa shape index (κ1) is 18.9. The summed E-state index contributed by atoms with van der Waals surface area (Å²) in [6.45, 7) is 6.15. The zero-order valence-corrected chi connectivity index (χ0v) is 16.7. The molecule has 8 heteroatoms. The summed E-state index contributed by atoms with van der Waals surface area (Å²) in [6, 6.07) is 9.86. The fraction of sp³-hybridized carbons (Fsp3) is 0.350. The maximum atomic E-state index is 13.1. The van der Waals surface area contributed by atoms with Crippen molar-refractivity contribution in [3.63, 3.8) is 0 Å². The summed E-state index contributed by atoms with van der Waals surface area (Å²) >= 11 is 0. The molecular formula is C20H22N2O5S. The second kappa shape index (κ2) is 6.88. The van der Waals surface area contributed by atoms with Crippen molar-refractivity contribution in [2.75, 3.05) is 18.4 Å². The fourth-order valence-corrected chi connectivity index (χ4v) is 5.17. The van der Waals surface area contributed by atoms with Crippen LogP contribution in [0.5, 0.6) is 11.5 Å². The smallest absolute Gasteiger partial charge is 0.259 e. The highest BCUT2D eigenvalue weighted by Crippen LogP contribution is 2.37. The lowest BCUT2D eigenvalue weighted by molar-refractivity contribution is -0.0440. The number of amides is 1. The van der Waals surface area contributed by atoms with Crippen LogP contribution in [-0.2, 0) is 14.8 Å². The monoisotopic (exact) mass is 402 g/mol. The summed E-state index contributed by atoms with van der Waals surface area (Å²) in [7, 11) is -3.75. The van der Waals surface area contributed by atoms with Crippen molar-refractivity contribution in [3.05, 3.63) is 47.5 Å². The van der Waals surface area contributed by atoms with Gasteiger partial charge in [0.2, 0.25) is 10.0 Å². The Morgan fingerprint density at radius 1 is 1.04 bits per heavy atom. The lowest BCUT2D eigenvalue weighted by Gasteiger charge is -2.34. The molecule has 1 N–H and O–H groups in total. The van der Waals surface area contributed by atoms with Gasteiger partial charge >= 0.3 is 0 Å². The Labute approximate surface area is 164 Å². The largest absolute Gasteiger partial charge is 0.454 e. The second-order valence-corrected chi connectivity index (χ2v) is 9.23. The molecule has 2 aromatic rings. The van der Waals surface area contributed by atoms with Crippen LogP contribution in [0.3, 0.4) is 0 Å². The van der Waals surface area contributed by atoms with Gasteiger partial charge < -0.3 is 14.8 Å². The van der Waals surface area contributed by atoms with Crippen molar-refractivity contribution in [2.45, 2.75) is 37.9 Å². The van der Waals surface area contributed by atoms with Gasteiger partial charge in [-0.05, 0) is 56.7 Å². The van der Waals surface area contributed by atoms with E-state index < -0.39 is 15.9 Å². The summed E-state index contributed by atoms with van der Waals surface area (Å²) in [4.78, 5) is 12.8. The molecule has 1 fully saturated rings. The summed E-state index contributed by atoms with van der Waals surface area (Å²) in [6.07, 6.45) is -0.382. The Bertz CT molecular complexity index is 1040. The Morgan fingerprint density at radius 2 is 1.71 bits per heavy atom. The number of nitrogens with zero attached hydrogens (tertiary/aromatic N) is 1. The number of anilines is 1. The van der Waals surface area contributed by atoms with E-state index in [0.29, 0.717) is 17.2 Å². The normalized spacial score (nSPS) is 22.5. The van der Waals surface area contributed by atoms with Gasteiger partial charge in [0.25, 0.3) is 5.91 Å². The zero-order chi connectivity index (χ0) is 20.1. The minimum absolute atomic E-state index is 0.0634. The molecule has 4 rings (SSSR count). The molecule has 0 aromatic heterocycles. The van der Waals surface area contributed by atoms with Crippen LogP contribution in [0.15, 0.2) is 41.3 Å². The molecule has 0 unspecified atom stereocenters. The van der Waals surface area contributed by atoms with E-state index in [4.69, 9.17) is 9.47 Å². The number of morpholine rings is 1. The molecule has 2 aliphatic heterocycles. The topological polar surface area (TPSA) is 84.9 Å². The predicted octanol–water partition coefficient (Wildman–Crippen LogP) is 3.15. The maximum absolute atomic E-state index is 13.1. The third-order valence-corrected chi connectivity index (χ3v) is 6.65. The van der Waals surface area contributed by atoms with E-state index in [9.17, 15) is 13.2 Å². The number of ether oxygens (including phenoxy) is 2. The number of aryl methyl sites for hydroxylation is 1. The van der Waals surface area contributed by atoms with Crippen molar-refractivity contribution < 1.29 is 22.7 Å². The van der Waals surface area contributed by atoms with E-state index in [1.54, 1.807) is 6.07 Å². The maximum Gasteiger partial charge on any atom is 0.259 e. The quantitative estimate of drug-likeness (QED) is 0.834. The molecule has 0 spiro atoms. The van der Waals surface area contributed by atoms with Crippen LogP contribution >= 0.6 is 0 Å². The van der Waals surface area contributed by atoms with Crippen LogP contribution in [0.2, 0.25) is 0 Å².